The average Bonchev–Trinajstić information content (AvgIpc) is 3.35. The summed E-state index contributed by atoms with van der Waals surface area (Å²) >= 11 is 0. The highest BCUT2D eigenvalue weighted by atomic mass is 16.5. The summed E-state index contributed by atoms with van der Waals surface area (Å²) in [6, 6.07) is 3.00. The first kappa shape index (κ1) is 26.5. The van der Waals surface area contributed by atoms with Crippen LogP contribution in [0.15, 0.2) is 46.6 Å². The molecule has 1 aliphatic heterocycles. The highest BCUT2D eigenvalue weighted by Gasteiger charge is 2.45. The maximum atomic E-state index is 13.3. The first-order chi connectivity index (χ1) is 19.7. The lowest BCUT2D eigenvalue weighted by Gasteiger charge is -2.19. The van der Waals surface area contributed by atoms with Crippen molar-refractivity contribution in [2.75, 3.05) is 37.0 Å². The Hall–Kier alpha value is -4.72. The first-order valence-electron chi connectivity index (χ1n) is 13.3. The van der Waals surface area contributed by atoms with Crippen LogP contribution < -0.4 is 21.5 Å². The van der Waals surface area contributed by atoms with E-state index in [-0.39, 0.29) is 23.6 Å². The fourth-order valence-corrected chi connectivity index (χ4v) is 5.34. The number of aryl methyl sites for hydroxylation is 1. The van der Waals surface area contributed by atoms with E-state index in [1.807, 2.05) is 12.1 Å². The fourth-order valence-electron chi connectivity index (χ4n) is 5.34. The van der Waals surface area contributed by atoms with Gasteiger partial charge < -0.3 is 19.5 Å². The molecular weight excluding hydrogens is 530 g/mol. The molecule has 3 unspecified atom stereocenters. The summed E-state index contributed by atoms with van der Waals surface area (Å²) in [7, 11) is 2.79. The van der Waals surface area contributed by atoms with E-state index in [2.05, 4.69) is 30.2 Å². The number of hydrogen-bond acceptors (Lipinski definition) is 10. The topological polar surface area (TPSA) is 159 Å². The number of pyridine rings is 1. The summed E-state index contributed by atoms with van der Waals surface area (Å²) < 4.78 is 8.16. The number of Topliss-reactive ketones (excluding diaryl/α,β-unsaturated/α-hetero) is 1. The second kappa shape index (κ2) is 10.4. The number of fused-ring (bicyclic) bond motifs is 2. The van der Waals surface area contributed by atoms with Crippen molar-refractivity contribution in [1.82, 2.24) is 33.6 Å². The van der Waals surface area contributed by atoms with Gasteiger partial charge in [-0.3, -0.25) is 28.5 Å². The Morgan fingerprint density at radius 1 is 1.12 bits per heavy atom. The van der Waals surface area contributed by atoms with E-state index in [1.54, 1.807) is 19.3 Å². The predicted octanol–water partition coefficient (Wildman–Crippen LogP) is 0.620. The lowest BCUT2D eigenvalue weighted by atomic mass is 10.2. The molecule has 1 saturated carbocycles. The van der Waals surface area contributed by atoms with E-state index < -0.39 is 35.5 Å². The molecular formula is C27H29N9O5. The maximum Gasteiger partial charge on any atom is 0.332 e. The Morgan fingerprint density at radius 2 is 1.90 bits per heavy atom. The van der Waals surface area contributed by atoms with Crippen molar-refractivity contribution in [3.05, 3.63) is 57.9 Å². The quantitative estimate of drug-likeness (QED) is 0.308. The van der Waals surface area contributed by atoms with Gasteiger partial charge in [0.15, 0.2) is 22.8 Å². The standard InChI is InChI=1S/C27H29N9O5/c1-15(36-14-30-24-23(36)26(39)35(27(40)33(24)2)12-19(37)13-41-3)25(38)32-21-9-28-8-20(31-21)16-4-5-22(29-7-16)34-10-17-6-18(17)11-34/h4-5,7-9,14-15,17-18H,6,10-13H2,1-3H3,(H,31,32,38). The van der Waals surface area contributed by atoms with E-state index in [0.29, 0.717) is 5.69 Å². The Morgan fingerprint density at radius 3 is 2.61 bits per heavy atom. The molecule has 0 bridgehead atoms. The van der Waals surface area contributed by atoms with Crippen LogP contribution in [0, 0.1) is 11.8 Å². The number of ether oxygens (including phenoxy) is 1. The van der Waals surface area contributed by atoms with E-state index in [9.17, 15) is 19.2 Å². The van der Waals surface area contributed by atoms with Gasteiger partial charge in [-0.2, -0.15) is 0 Å². The van der Waals surface area contributed by atoms with E-state index in [1.165, 1.54) is 42.2 Å². The molecule has 4 aromatic heterocycles. The molecule has 2 fully saturated rings. The van der Waals surface area contributed by atoms with Crippen LogP contribution in [-0.4, -0.2) is 72.1 Å². The van der Waals surface area contributed by atoms with E-state index in [0.717, 1.165) is 40.9 Å². The number of amides is 1. The zero-order valence-electron chi connectivity index (χ0n) is 22.9. The second-order valence-electron chi connectivity index (χ2n) is 10.5. The number of rotatable bonds is 9. The molecule has 14 heteroatoms. The zero-order chi connectivity index (χ0) is 28.8. The van der Waals surface area contributed by atoms with E-state index in [4.69, 9.17) is 4.74 Å². The van der Waals surface area contributed by atoms with Crippen LogP contribution in [-0.2, 0) is 27.9 Å². The molecule has 3 atom stereocenters. The second-order valence-corrected chi connectivity index (χ2v) is 10.5. The van der Waals surface area contributed by atoms with Gasteiger partial charge in [-0.1, -0.05) is 0 Å². The minimum absolute atomic E-state index is 0.0151. The Bertz CT molecular complexity index is 1760. The summed E-state index contributed by atoms with van der Waals surface area (Å²) in [6.07, 6.45) is 7.42. The largest absolute Gasteiger partial charge is 0.377 e. The number of carbonyl (C=O) groups is 2. The third-order valence-corrected chi connectivity index (χ3v) is 7.73. The van der Waals surface area contributed by atoms with Crippen molar-refractivity contribution < 1.29 is 14.3 Å². The third kappa shape index (κ3) is 4.90. The van der Waals surface area contributed by atoms with Crippen molar-refractivity contribution in [2.24, 2.45) is 18.9 Å². The maximum absolute atomic E-state index is 13.3. The molecule has 1 amide bonds. The number of methoxy groups -OCH3 is 1. The van der Waals surface area contributed by atoms with Gasteiger partial charge >= 0.3 is 5.69 Å². The van der Waals surface area contributed by atoms with Crippen LogP contribution in [0.1, 0.15) is 19.4 Å². The summed E-state index contributed by atoms with van der Waals surface area (Å²) in [4.78, 5) is 71.2. The minimum atomic E-state index is -0.911. The molecule has 1 aliphatic carbocycles. The average molecular weight is 560 g/mol. The van der Waals surface area contributed by atoms with Gasteiger partial charge in [0.05, 0.1) is 31.0 Å². The van der Waals surface area contributed by atoms with Crippen molar-refractivity contribution >= 4 is 34.5 Å². The summed E-state index contributed by atoms with van der Waals surface area (Å²) in [6.45, 7) is 2.99. The molecule has 4 aromatic rings. The fraction of sp³-hybridized carbons (Fsp3) is 0.407. The summed E-state index contributed by atoms with van der Waals surface area (Å²) in [5, 5.41) is 2.74. The highest BCUT2D eigenvalue weighted by Crippen LogP contribution is 2.45. The van der Waals surface area contributed by atoms with Crippen LogP contribution >= 0.6 is 0 Å². The number of nitrogens with one attached hydrogen (secondary N) is 1. The Kier molecular flexibility index (Phi) is 6.69. The van der Waals surface area contributed by atoms with Gasteiger partial charge in [-0.15, -0.1) is 0 Å². The number of aromatic nitrogens is 7. The third-order valence-electron chi connectivity index (χ3n) is 7.73. The van der Waals surface area contributed by atoms with Crippen LogP contribution in [0.5, 0.6) is 0 Å². The molecule has 0 spiro atoms. The lowest BCUT2D eigenvalue weighted by molar-refractivity contribution is -0.123. The highest BCUT2D eigenvalue weighted by molar-refractivity contribution is 5.93. The molecule has 212 valence electrons. The molecule has 1 N–H and O–H groups in total. The number of imidazole rings is 1. The molecule has 0 aromatic carbocycles. The number of anilines is 2. The van der Waals surface area contributed by atoms with Gasteiger partial charge in [0.1, 0.15) is 18.5 Å². The van der Waals surface area contributed by atoms with Crippen molar-refractivity contribution in [3.8, 4) is 11.3 Å². The zero-order valence-corrected chi connectivity index (χ0v) is 22.9. The predicted molar refractivity (Wildman–Crippen MR) is 149 cm³/mol. The molecule has 41 heavy (non-hydrogen) atoms. The Labute approximate surface area is 233 Å². The van der Waals surface area contributed by atoms with Gasteiger partial charge in [0, 0.05) is 39.0 Å². The van der Waals surface area contributed by atoms with Crippen molar-refractivity contribution in [2.45, 2.75) is 25.9 Å². The molecule has 0 radical (unpaired) electrons. The molecule has 1 saturated heterocycles. The number of piperidine rings is 1. The monoisotopic (exact) mass is 559 g/mol. The summed E-state index contributed by atoms with van der Waals surface area (Å²) in [5.41, 5.74) is -0.000254. The minimum Gasteiger partial charge on any atom is -0.377 e. The van der Waals surface area contributed by atoms with Gasteiger partial charge in [-0.05, 0) is 37.3 Å². The van der Waals surface area contributed by atoms with E-state index >= 15 is 0 Å². The van der Waals surface area contributed by atoms with Gasteiger partial charge in [0.25, 0.3) is 5.56 Å². The van der Waals surface area contributed by atoms with Crippen LogP contribution in [0.2, 0.25) is 0 Å². The normalized spacial score (nSPS) is 18.4. The Balaban J connectivity index is 1.22. The van der Waals surface area contributed by atoms with Crippen molar-refractivity contribution in [1.29, 1.82) is 0 Å². The van der Waals surface area contributed by atoms with Crippen LogP contribution in [0.4, 0.5) is 11.6 Å². The number of nitrogens with zero attached hydrogens (tertiary/aromatic N) is 8. The van der Waals surface area contributed by atoms with Gasteiger partial charge in [-0.25, -0.2) is 19.7 Å². The molecule has 14 nitrogen and oxygen atoms in total. The summed E-state index contributed by atoms with van der Waals surface area (Å²) in [5.74, 6) is 1.86. The lowest BCUT2D eigenvalue weighted by Crippen LogP contribution is -2.42. The van der Waals surface area contributed by atoms with Crippen molar-refractivity contribution in [3.63, 3.8) is 0 Å². The number of hydrogen-bond donors (Lipinski definition) is 1. The van der Waals surface area contributed by atoms with Crippen LogP contribution in [0.25, 0.3) is 22.4 Å². The molecule has 5 heterocycles. The first-order valence-corrected chi connectivity index (χ1v) is 13.3. The smallest absolute Gasteiger partial charge is 0.332 e. The van der Waals surface area contributed by atoms with Gasteiger partial charge in [0.2, 0.25) is 5.91 Å². The SMILES string of the molecule is COCC(=O)Cn1c(=O)c2c(ncn2C(C)C(=O)Nc2cncc(-c3ccc(N4CC5CC5C4)nc3)n2)n(C)c1=O. The number of ketones is 1. The number of carbonyl (C=O) groups excluding carboxylic acids is 2. The van der Waals surface area contributed by atoms with Crippen LogP contribution in [0.3, 0.4) is 0 Å². The molecule has 6 rings (SSSR count). The molecule has 2 aliphatic rings.